The fourth-order valence-electron chi connectivity index (χ4n) is 2.59. The smallest absolute Gasteiger partial charge is 0.101 e. The molecule has 0 bridgehead atoms. The molecule has 2 aliphatic rings. The molecule has 100 valence electrons. The average molecular weight is 255 g/mol. The molecule has 0 atom stereocenters. The molecular formula is C16H21N3. The average Bonchev–Trinajstić information content (AvgIpc) is 3.31. The van der Waals surface area contributed by atoms with Gasteiger partial charge in [0.05, 0.1) is 11.3 Å². The van der Waals surface area contributed by atoms with Crippen LogP contribution in [0, 0.1) is 11.3 Å². The number of nitriles is 1. The van der Waals surface area contributed by atoms with Gasteiger partial charge < -0.3 is 10.2 Å². The minimum atomic E-state index is 0.660. The van der Waals surface area contributed by atoms with Crippen molar-refractivity contribution in [1.29, 1.82) is 5.26 Å². The SMILES string of the molecule is CCN(c1ccc(CNC2CC2)cc1C#N)C1CC1. The fourth-order valence-corrected chi connectivity index (χ4v) is 2.59. The van der Waals surface area contributed by atoms with Gasteiger partial charge in [0.1, 0.15) is 6.07 Å². The van der Waals surface area contributed by atoms with E-state index in [1.807, 2.05) is 0 Å². The van der Waals surface area contributed by atoms with E-state index >= 15 is 0 Å². The summed E-state index contributed by atoms with van der Waals surface area (Å²) in [6.07, 6.45) is 5.14. The summed E-state index contributed by atoms with van der Waals surface area (Å²) in [6.45, 7) is 4.04. The summed E-state index contributed by atoms with van der Waals surface area (Å²) >= 11 is 0. The van der Waals surface area contributed by atoms with E-state index in [9.17, 15) is 5.26 Å². The molecular weight excluding hydrogens is 234 g/mol. The van der Waals surface area contributed by atoms with Gasteiger partial charge in [-0.3, -0.25) is 0 Å². The molecule has 0 radical (unpaired) electrons. The van der Waals surface area contributed by atoms with Crippen molar-refractivity contribution in [3.63, 3.8) is 0 Å². The molecule has 3 nitrogen and oxygen atoms in total. The van der Waals surface area contributed by atoms with Crippen molar-refractivity contribution in [2.75, 3.05) is 11.4 Å². The van der Waals surface area contributed by atoms with Gasteiger partial charge in [0.2, 0.25) is 0 Å². The third-order valence-corrected chi connectivity index (χ3v) is 3.99. The summed E-state index contributed by atoms with van der Waals surface area (Å²) in [5.74, 6) is 0. The van der Waals surface area contributed by atoms with Crippen LogP contribution < -0.4 is 10.2 Å². The lowest BCUT2D eigenvalue weighted by molar-refractivity contribution is 0.687. The number of benzene rings is 1. The maximum atomic E-state index is 9.38. The first-order chi connectivity index (χ1) is 9.31. The maximum absolute atomic E-state index is 9.38. The monoisotopic (exact) mass is 255 g/mol. The van der Waals surface area contributed by atoms with E-state index in [2.05, 4.69) is 41.4 Å². The van der Waals surface area contributed by atoms with E-state index in [1.165, 1.54) is 31.2 Å². The van der Waals surface area contributed by atoms with Crippen LogP contribution in [0.2, 0.25) is 0 Å². The Bertz CT molecular complexity index is 495. The third-order valence-electron chi connectivity index (χ3n) is 3.99. The van der Waals surface area contributed by atoms with Crippen LogP contribution in [0.1, 0.15) is 43.7 Å². The first kappa shape index (κ1) is 12.5. The molecule has 2 aliphatic carbocycles. The summed E-state index contributed by atoms with van der Waals surface area (Å²) in [6, 6.07) is 10.1. The number of nitrogens with one attached hydrogen (secondary N) is 1. The molecule has 0 amide bonds. The minimum absolute atomic E-state index is 0.660. The number of rotatable bonds is 6. The number of nitrogens with zero attached hydrogens (tertiary/aromatic N) is 2. The standard InChI is InChI=1S/C16H21N3/c1-2-19(15-6-7-15)16-8-3-12(9-13(16)10-17)11-18-14-4-5-14/h3,8-9,14-15,18H,2,4-7,11H2,1H3. The largest absolute Gasteiger partial charge is 0.368 e. The molecule has 0 unspecified atom stereocenters. The quantitative estimate of drug-likeness (QED) is 0.849. The van der Waals surface area contributed by atoms with Crippen LogP contribution in [0.5, 0.6) is 0 Å². The molecule has 19 heavy (non-hydrogen) atoms. The van der Waals surface area contributed by atoms with Crippen molar-refractivity contribution < 1.29 is 0 Å². The van der Waals surface area contributed by atoms with Gasteiger partial charge in [-0.25, -0.2) is 0 Å². The fraction of sp³-hybridized carbons (Fsp3) is 0.562. The second-order valence-corrected chi connectivity index (χ2v) is 5.64. The second-order valence-electron chi connectivity index (χ2n) is 5.64. The zero-order valence-electron chi connectivity index (χ0n) is 11.5. The molecule has 3 rings (SSSR count). The van der Waals surface area contributed by atoms with Crippen LogP contribution in [0.3, 0.4) is 0 Å². The summed E-state index contributed by atoms with van der Waals surface area (Å²) in [7, 11) is 0. The normalized spacial score (nSPS) is 18.1. The first-order valence-corrected chi connectivity index (χ1v) is 7.35. The van der Waals surface area contributed by atoms with Crippen LogP contribution >= 0.6 is 0 Å². The Balaban J connectivity index is 1.77. The van der Waals surface area contributed by atoms with Crippen LogP contribution in [0.15, 0.2) is 18.2 Å². The number of anilines is 1. The molecule has 2 fully saturated rings. The highest BCUT2D eigenvalue weighted by Crippen LogP contribution is 2.33. The van der Waals surface area contributed by atoms with Gasteiger partial charge in [-0.15, -0.1) is 0 Å². The van der Waals surface area contributed by atoms with Gasteiger partial charge in [-0.05, 0) is 50.3 Å². The number of hydrogen-bond donors (Lipinski definition) is 1. The Hall–Kier alpha value is -1.53. The van der Waals surface area contributed by atoms with Crippen molar-refractivity contribution in [2.24, 2.45) is 0 Å². The number of hydrogen-bond acceptors (Lipinski definition) is 3. The van der Waals surface area contributed by atoms with E-state index in [0.717, 1.165) is 24.3 Å². The van der Waals surface area contributed by atoms with Gasteiger partial charge >= 0.3 is 0 Å². The van der Waals surface area contributed by atoms with Crippen LogP contribution in [-0.4, -0.2) is 18.6 Å². The van der Waals surface area contributed by atoms with E-state index in [0.29, 0.717) is 12.1 Å². The van der Waals surface area contributed by atoms with Crippen molar-refractivity contribution in [3.8, 4) is 6.07 Å². The Morgan fingerprint density at radius 2 is 2.11 bits per heavy atom. The van der Waals surface area contributed by atoms with E-state index in [4.69, 9.17) is 0 Å². The Kier molecular flexibility index (Phi) is 3.44. The highest BCUT2D eigenvalue weighted by Gasteiger charge is 2.29. The molecule has 3 heteroatoms. The molecule has 0 saturated heterocycles. The lowest BCUT2D eigenvalue weighted by atomic mass is 10.1. The molecule has 0 heterocycles. The highest BCUT2D eigenvalue weighted by atomic mass is 15.2. The molecule has 1 aromatic rings. The summed E-state index contributed by atoms with van der Waals surface area (Å²) in [4.78, 5) is 2.37. The maximum Gasteiger partial charge on any atom is 0.101 e. The van der Waals surface area contributed by atoms with Crippen LogP contribution in [0.25, 0.3) is 0 Å². The van der Waals surface area contributed by atoms with Crippen molar-refractivity contribution in [2.45, 2.75) is 51.2 Å². The lowest BCUT2D eigenvalue weighted by Gasteiger charge is -2.24. The Labute approximate surface area is 115 Å². The molecule has 2 saturated carbocycles. The van der Waals surface area contributed by atoms with Gasteiger partial charge in [-0.2, -0.15) is 5.26 Å². The van der Waals surface area contributed by atoms with Crippen molar-refractivity contribution in [3.05, 3.63) is 29.3 Å². The predicted molar refractivity (Wildman–Crippen MR) is 77.1 cm³/mol. The van der Waals surface area contributed by atoms with Gasteiger partial charge in [-0.1, -0.05) is 6.07 Å². The van der Waals surface area contributed by atoms with E-state index in [-0.39, 0.29) is 0 Å². The molecule has 0 spiro atoms. The summed E-state index contributed by atoms with van der Waals surface area (Å²) in [5, 5.41) is 12.9. The summed E-state index contributed by atoms with van der Waals surface area (Å²) < 4.78 is 0. The van der Waals surface area contributed by atoms with Crippen molar-refractivity contribution >= 4 is 5.69 Å². The van der Waals surface area contributed by atoms with E-state index < -0.39 is 0 Å². The van der Waals surface area contributed by atoms with Gasteiger partial charge in [0, 0.05) is 25.2 Å². The second kappa shape index (κ2) is 5.22. The molecule has 1 N–H and O–H groups in total. The van der Waals surface area contributed by atoms with Gasteiger partial charge in [0.15, 0.2) is 0 Å². The Morgan fingerprint density at radius 3 is 2.68 bits per heavy atom. The minimum Gasteiger partial charge on any atom is -0.368 e. The molecule has 0 aromatic heterocycles. The van der Waals surface area contributed by atoms with Crippen LogP contribution in [-0.2, 0) is 6.54 Å². The van der Waals surface area contributed by atoms with Gasteiger partial charge in [0.25, 0.3) is 0 Å². The first-order valence-electron chi connectivity index (χ1n) is 7.35. The molecule has 0 aliphatic heterocycles. The Morgan fingerprint density at radius 1 is 1.32 bits per heavy atom. The topological polar surface area (TPSA) is 39.1 Å². The zero-order chi connectivity index (χ0) is 13.2. The highest BCUT2D eigenvalue weighted by molar-refractivity contribution is 5.61. The third kappa shape index (κ3) is 2.90. The zero-order valence-corrected chi connectivity index (χ0v) is 11.5. The lowest BCUT2D eigenvalue weighted by Crippen LogP contribution is -2.26. The van der Waals surface area contributed by atoms with Crippen LogP contribution in [0.4, 0.5) is 5.69 Å². The van der Waals surface area contributed by atoms with Crippen molar-refractivity contribution in [1.82, 2.24) is 5.32 Å². The molecule has 1 aromatic carbocycles. The predicted octanol–water partition coefficient (Wildman–Crippen LogP) is 2.80. The summed E-state index contributed by atoms with van der Waals surface area (Å²) in [5.41, 5.74) is 3.16. The van der Waals surface area contributed by atoms with E-state index in [1.54, 1.807) is 0 Å².